The molecule has 0 atom stereocenters. The summed E-state index contributed by atoms with van der Waals surface area (Å²) in [5.74, 6) is 0.248. The van der Waals surface area contributed by atoms with E-state index in [0.29, 0.717) is 25.4 Å². The second-order valence-corrected chi connectivity index (χ2v) is 8.62. The third kappa shape index (κ3) is 5.05. The van der Waals surface area contributed by atoms with Gasteiger partial charge in [-0.2, -0.15) is 0 Å². The quantitative estimate of drug-likeness (QED) is 0.729. The summed E-state index contributed by atoms with van der Waals surface area (Å²) >= 11 is 0. The Morgan fingerprint density at radius 2 is 1.80 bits per heavy atom. The van der Waals surface area contributed by atoms with Gasteiger partial charge in [-0.25, -0.2) is 12.7 Å². The van der Waals surface area contributed by atoms with Crippen LogP contribution in [0.1, 0.15) is 46.5 Å². The van der Waals surface area contributed by atoms with Crippen LogP contribution in [-0.2, 0) is 19.6 Å². The molecule has 1 fully saturated rings. The Balaban J connectivity index is 2.45. The van der Waals surface area contributed by atoms with Gasteiger partial charge in [-0.15, -0.1) is 0 Å². The zero-order valence-electron chi connectivity index (χ0n) is 13.0. The molecule has 1 saturated heterocycles. The van der Waals surface area contributed by atoms with E-state index in [1.807, 2.05) is 0 Å². The molecule has 0 amide bonds. The van der Waals surface area contributed by atoms with Crippen LogP contribution in [0.2, 0.25) is 0 Å². The largest absolute Gasteiger partial charge is 0.469 e. The van der Waals surface area contributed by atoms with Crippen LogP contribution in [0.3, 0.4) is 0 Å². The van der Waals surface area contributed by atoms with Gasteiger partial charge in [0.2, 0.25) is 10.0 Å². The van der Waals surface area contributed by atoms with E-state index in [-0.39, 0.29) is 23.6 Å². The van der Waals surface area contributed by atoms with Crippen molar-refractivity contribution in [2.75, 3.05) is 26.0 Å². The van der Waals surface area contributed by atoms with Gasteiger partial charge in [0.15, 0.2) is 0 Å². The van der Waals surface area contributed by atoms with Crippen molar-refractivity contribution < 1.29 is 17.9 Å². The Bertz CT molecular complexity index is 417. The van der Waals surface area contributed by atoms with Gasteiger partial charge >= 0.3 is 5.97 Å². The molecular weight excluding hydrogens is 278 g/mol. The van der Waals surface area contributed by atoms with Crippen LogP contribution in [0.25, 0.3) is 0 Å². The fourth-order valence-corrected chi connectivity index (χ4v) is 4.16. The first-order valence-corrected chi connectivity index (χ1v) is 8.82. The summed E-state index contributed by atoms with van der Waals surface area (Å²) in [6, 6.07) is 0. The molecule has 0 aromatic heterocycles. The summed E-state index contributed by atoms with van der Waals surface area (Å²) in [5.41, 5.74) is 0.237. The molecule has 0 aromatic rings. The Labute approximate surface area is 122 Å². The molecule has 0 unspecified atom stereocenters. The minimum absolute atomic E-state index is 0.0300. The third-order valence-corrected chi connectivity index (χ3v) is 6.04. The second kappa shape index (κ2) is 6.89. The average Bonchev–Trinajstić information content (AvgIpc) is 2.37. The molecule has 1 rings (SSSR count). The monoisotopic (exact) mass is 305 g/mol. The van der Waals surface area contributed by atoms with E-state index < -0.39 is 10.0 Å². The van der Waals surface area contributed by atoms with E-state index in [1.54, 1.807) is 4.31 Å². The molecule has 5 nitrogen and oxygen atoms in total. The smallest absolute Gasteiger partial charge is 0.305 e. The molecule has 1 aliphatic rings. The first-order valence-electron chi connectivity index (χ1n) is 7.21. The standard InChI is InChI=1S/C14H27NO4S/c1-14(2,3)12-7-9-15(10-8-12)20(17,18)11-5-6-13(16)19-4/h12H,5-11H2,1-4H3. The molecule has 0 aromatic carbocycles. The SMILES string of the molecule is COC(=O)CCCS(=O)(=O)N1CCC(C(C)(C)C)CC1. The van der Waals surface area contributed by atoms with Crippen molar-refractivity contribution in [3.05, 3.63) is 0 Å². The third-order valence-electron chi connectivity index (χ3n) is 4.08. The molecule has 1 aliphatic heterocycles. The summed E-state index contributed by atoms with van der Waals surface area (Å²) in [4.78, 5) is 11.0. The highest BCUT2D eigenvalue weighted by Crippen LogP contribution is 2.34. The normalized spacial score (nSPS) is 19.0. The number of carbonyl (C=O) groups is 1. The lowest BCUT2D eigenvalue weighted by Crippen LogP contribution is -2.42. The lowest BCUT2D eigenvalue weighted by Gasteiger charge is -2.38. The van der Waals surface area contributed by atoms with E-state index >= 15 is 0 Å². The molecule has 0 bridgehead atoms. The van der Waals surface area contributed by atoms with Crippen molar-refractivity contribution >= 4 is 16.0 Å². The zero-order chi connectivity index (χ0) is 15.4. The van der Waals surface area contributed by atoms with E-state index in [0.717, 1.165) is 12.8 Å². The van der Waals surface area contributed by atoms with Crippen molar-refractivity contribution in [1.29, 1.82) is 0 Å². The summed E-state index contributed by atoms with van der Waals surface area (Å²) in [5, 5.41) is 0. The minimum atomic E-state index is -3.23. The molecule has 20 heavy (non-hydrogen) atoms. The number of rotatable bonds is 5. The fraction of sp³-hybridized carbons (Fsp3) is 0.929. The lowest BCUT2D eigenvalue weighted by atomic mass is 9.76. The zero-order valence-corrected chi connectivity index (χ0v) is 13.8. The first-order chi connectivity index (χ1) is 9.16. The highest BCUT2D eigenvalue weighted by atomic mass is 32.2. The predicted octanol–water partition coefficient (Wildman–Crippen LogP) is 2.03. The van der Waals surface area contributed by atoms with E-state index in [4.69, 9.17) is 0 Å². The number of hydrogen-bond acceptors (Lipinski definition) is 4. The Kier molecular flexibility index (Phi) is 6.01. The van der Waals surface area contributed by atoms with Crippen molar-refractivity contribution in [2.45, 2.75) is 46.5 Å². The van der Waals surface area contributed by atoms with Gasteiger partial charge in [0, 0.05) is 19.5 Å². The number of sulfonamides is 1. The number of piperidine rings is 1. The van der Waals surface area contributed by atoms with Crippen molar-refractivity contribution in [2.24, 2.45) is 11.3 Å². The van der Waals surface area contributed by atoms with Crippen LogP contribution in [0.4, 0.5) is 0 Å². The Hall–Kier alpha value is -0.620. The number of hydrogen-bond donors (Lipinski definition) is 0. The molecule has 0 aliphatic carbocycles. The van der Waals surface area contributed by atoms with Gasteiger partial charge in [-0.3, -0.25) is 4.79 Å². The Morgan fingerprint density at radius 3 is 2.25 bits per heavy atom. The predicted molar refractivity (Wildman–Crippen MR) is 78.8 cm³/mol. The fourth-order valence-electron chi connectivity index (χ4n) is 2.63. The van der Waals surface area contributed by atoms with Crippen LogP contribution >= 0.6 is 0 Å². The first kappa shape index (κ1) is 17.4. The number of methoxy groups -OCH3 is 1. The van der Waals surface area contributed by atoms with Crippen LogP contribution in [-0.4, -0.2) is 44.6 Å². The van der Waals surface area contributed by atoms with Gasteiger partial charge in [-0.05, 0) is 30.6 Å². The number of ether oxygens (including phenoxy) is 1. The van der Waals surface area contributed by atoms with Crippen molar-refractivity contribution in [3.63, 3.8) is 0 Å². The summed E-state index contributed by atoms with van der Waals surface area (Å²) < 4.78 is 30.5. The number of carbonyl (C=O) groups excluding carboxylic acids is 1. The topological polar surface area (TPSA) is 63.7 Å². The van der Waals surface area contributed by atoms with Crippen molar-refractivity contribution in [1.82, 2.24) is 4.31 Å². The van der Waals surface area contributed by atoms with E-state index in [2.05, 4.69) is 25.5 Å². The summed E-state index contributed by atoms with van der Waals surface area (Å²) in [6.07, 6.45) is 2.32. The lowest BCUT2D eigenvalue weighted by molar-refractivity contribution is -0.140. The minimum Gasteiger partial charge on any atom is -0.469 e. The van der Waals surface area contributed by atoms with Crippen molar-refractivity contribution in [3.8, 4) is 0 Å². The van der Waals surface area contributed by atoms with Crippen LogP contribution < -0.4 is 0 Å². The summed E-state index contributed by atoms with van der Waals surface area (Å²) in [6.45, 7) is 7.82. The average molecular weight is 305 g/mol. The maximum atomic E-state index is 12.2. The Morgan fingerprint density at radius 1 is 1.25 bits per heavy atom. The van der Waals surface area contributed by atoms with E-state index in [1.165, 1.54) is 7.11 Å². The molecule has 118 valence electrons. The van der Waals surface area contributed by atoms with Crippen LogP contribution in [0, 0.1) is 11.3 Å². The molecule has 6 heteroatoms. The second-order valence-electron chi connectivity index (χ2n) is 6.54. The molecule has 0 N–H and O–H groups in total. The summed E-state index contributed by atoms with van der Waals surface area (Å²) in [7, 11) is -1.92. The highest BCUT2D eigenvalue weighted by molar-refractivity contribution is 7.89. The van der Waals surface area contributed by atoms with Crippen LogP contribution in [0.15, 0.2) is 0 Å². The number of nitrogens with zero attached hydrogens (tertiary/aromatic N) is 1. The van der Waals surface area contributed by atoms with Gasteiger partial charge in [0.25, 0.3) is 0 Å². The van der Waals surface area contributed by atoms with Crippen LogP contribution in [0.5, 0.6) is 0 Å². The molecule has 1 heterocycles. The molecular formula is C14H27NO4S. The van der Waals surface area contributed by atoms with Gasteiger partial charge in [0.1, 0.15) is 0 Å². The molecule has 0 spiro atoms. The maximum absolute atomic E-state index is 12.2. The van der Waals surface area contributed by atoms with E-state index in [9.17, 15) is 13.2 Å². The van der Waals surface area contributed by atoms with Gasteiger partial charge in [-0.1, -0.05) is 20.8 Å². The highest BCUT2D eigenvalue weighted by Gasteiger charge is 2.32. The molecule has 0 radical (unpaired) electrons. The van der Waals surface area contributed by atoms with Gasteiger partial charge in [0.05, 0.1) is 12.9 Å². The number of esters is 1. The maximum Gasteiger partial charge on any atom is 0.305 e. The molecule has 0 saturated carbocycles. The van der Waals surface area contributed by atoms with Gasteiger partial charge < -0.3 is 4.74 Å².